The average Bonchev–Trinajstić information content (AvgIpc) is 3.28. The molecule has 1 aliphatic heterocycles. The SMILES string of the molecule is CC(C)(C)OC(=O)N[C@](CC=O)(Cc1ccccc1F)N1CCC[C@H]1CNC(=O)c1ccccc1. The number of nitrogens with zero attached hydrogens (tertiary/aromatic N) is 1. The number of ether oxygens (including phenoxy) is 1. The number of nitrogens with one attached hydrogen (secondary N) is 2. The van der Waals surface area contributed by atoms with Crippen molar-refractivity contribution in [1.29, 1.82) is 0 Å². The minimum atomic E-state index is -1.22. The van der Waals surface area contributed by atoms with Gasteiger partial charge in [-0.15, -0.1) is 0 Å². The molecule has 0 unspecified atom stereocenters. The second-order valence-corrected chi connectivity index (χ2v) is 9.86. The lowest BCUT2D eigenvalue weighted by molar-refractivity contribution is -0.111. The highest BCUT2D eigenvalue weighted by Gasteiger charge is 2.45. The largest absolute Gasteiger partial charge is 0.444 e. The van der Waals surface area contributed by atoms with Crippen LogP contribution in [0.5, 0.6) is 0 Å². The van der Waals surface area contributed by atoms with Gasteiger partial charge >= 0.3 is 6.09 Å². The molecule has 3 rings (SSSR count). The Balaban J connectivity index is 1.89. The summed E-state index contributed by atoms with van der Waals surface area (Å²) in [5.41, 5.74) is -1.03. The maximum Gasteiger partial charge on any atom is 0.409 e. The molecule has 35 heavy (non-hydrogen) atoms. The van der Waals surface area contributed by atoms with Crippen LogP contribution in [0.15, 0.2) is 54.6 Å². The minimum Gasteiger partial charge on any atom is -0.444 e. The van der Waals surface area contributed by atoms with Gasteiger partial charge in [-0.05, 0) is 57.4 Å². The van der Waals surface area contributed by atoms with Gasteiger partial charge in [0.15, 0.2) is 0 Å². The van der Waals surface area contributed by atoms with Crippen molar-refractivity contribution < 1.29 is 23.5 Å². The molecule has 2 amide bonds. The first-order valence-electron chi connectivity index (χ1n) is 11.9. The van der Waals surface area contributed by atoms with E-state index in [0.717, 1.165) is 19.1 Å². The molecule has 2 aromatic carbocycles. The number of rotatable bonds is 9. The van der Waals surface area contributed by atoms with Crippen molar-refractivity contribution in [3.63, 3.8) is 0 Å². The van der Waals surface area contributed by atoms with Gasteiger partial charge in [0.25, 0.3) is 5.91 Å². The Morgan fingerprint density at radius 3 is 2.46 bits per heavy atom. The van der Waals surface area contributed by atoms with E-state index in [9.17, 15) is 18.8 Å². The van der Waals surface area contributed by atoms with Crippen molar-refractivity contribution in [2.24, 2.45) is 0 Å². The Bertz CT molecular complexity index is 1020. The van der Waals surface area contributed by atoms with E-state index in [1.54, 1.807) is 63.2 Å². The van der Waals surface area contributed by atoms with Crippen LogP contribution in [0, 0.1) is 5.82 Å². The van der Waals surface area contributed by atoms with Crippen LogP contribution < -0.4 is 10.6 Å². The number of carbonyl (C=O) groups is 3. The predicted molar refractivity (Wildman–Crippen MR) is 131 cm³/mol. The molecule has 0 aromatic heterocycles. The average molecular weight is 484 g/mol. The van der Waals surface area contributed by atoms with E-state index in [1.165, 1.54) is 6.07 Å². The molecule has 0 spiro atoms. The van der Waals surface area contributed by atoms with Gasteiger partial charge < -0.3 is 20.2 Å². The fourth-order valence-corrected chi connectivity index (χ4v) is 4.56. The van der Waals surface area contributed by atoms with Crippen LogP contribution >= 0.6 is 0 Å². The first kappa shape index (κ1) is 26.3. The van der Waals surface area contributed by atoms with Crippen molar-refractivity contribution in [1.82, 2.24) is 15.5 Å². The van der Waals surface area contributed by atoms with E-state index in [2.05, 4.69) is 10.6 Å². The van der Waals surface area contributed by atoms with Crippen LogP contribution in [0.1, 0.15) is 56.0 Å². The molecule has 0 aliphatic carbocycles. The number of likely N-dealkylation sites (tertiary alicyclic amines) is 1. The number of alkyl carbamates (subject to hydrolysis) is 1. The third-order valence-corrected chi connectivity index (χ3v) is 6.06. The van der Waals surface area contributed by atoms with Gasteiger partial charge in [-0.1, -0.05) is 36.4 Å². The summed E-state index contributed by atoms with van der Waals surface area (Å²) >= 11 is 0. The molecule has 2 N–H and O–H groups in total. The molecule has 2 aromatic rings. The number of benzene rings is 2. The molecule has 0 saturated carbocycles. The molecule has 1 aliphatic rings. The lowest BCUT2D eigenvalue weighted by atomic mass is 9.93. The molecule has 0 radical (unpaired) electrons. The van der Waals surface area contributed by atoms with Crippen molar-refractivity contribution in [3.05, 3.63) is 71.5 Å². The molecule has 7 nitrogen and oxygen atoms in total. The molecule has 188 valence electrons. The van der Waals surface area contributed by atoms with Gasteiger partial charge in [-0.2, -0.15) is 0 Å². The topological polar surface area (TPSA) is 87.7 Å². The van der Waals surface area contributed by atoms with Gasteiger partial charge in [0, 0.05) is 37.5 Å². The quantitative estimate of drug-likeness (QED) is 0.525. The zero-order chi connectivity index (χ0) is 25.5. The molecular weight excluding hydrogens is 449 g/mol. The van der Waals surface area contributed by atoms with Gasteiger partial charge in [-0.3, -0.25) is 9.69 Å². The maximum atomic E-state index is 14.7. The molecule has 0 bridgehead atoms. The predicted octanol–water partition coefficient (Wildman–Crippen LogP) is 4.07. The minimum absolute atomic E-state index is 0.0658. The maximum absolute atomic E-state index is 14.7. The van der Waals surface area contributed by atoms with Gasteiger partial charge in [0.2, 0.25) is 0 Å². The molecule has 1 saturated heterocycles. The summed E-state index contributed by atoms with van der Waals surface area (Å²) in [6.07, 6.45) is 1.61. The number of hydrogen-bond donors (Lipinski definition) is 2. The second kappa shape index (κ2) is 11.4. The van der Waals surface area contributed by atoms with Crippen LogP contribution in [0.25, 0.3) is 0 Å². The highest BCUT2D eigenvalue weighted by Crippen LogP contribution is 2.31. The number of aldehydes is 1. The molecular formula is C27H34FN3O4. The lowest BCUT2D eigenvalue weighted by Crippen LogP contribution is -2.65. The summed E-state index contributed by atoms with van der Waals surface area (Å²) in [6.45, 7) is 6.15. The van der Waals surface area contributed by atoms with E-state index in [4.69, 9.17) is 4.74 Å². The first-order chi connectivity index (χ1) is 16.6. The highest BCUT2D eigenvalue weighted by molar-refractivity contribution is 5.94. The Morgan fingerprint density at radius 1 is 1.11 bits per heavy atom. The Hall–Kier alpha value is -3.26. The van der Waals surface area contributed by atoms with E-state index < -0.39 is 23.2 Å². The normalized spacial score (nSPS) is 17.9. The van der Waals surface area contributed by atoms with Crippen LogP contribution in [0.4, 0.5) is 9.18 Å². The number of halogens is 1. The summed E-state index contributed by atoms with van der Waals surface area (Å²) in [6, 6.07) is 15.1. The van der Waals surface area contributed by atoms with E-state index in [0.29, 0.717) is 24.2 Å². The molecule has 2 atom stereocenters. The van der Waals surface area contributed by atoms with Gasteiger partial charge in [-0.25, -0.2) is 9.18 Å². The Kier molecular flexibility index (Phi) is 8.62. The fraction of sp³-hybridized carbons (Fsp3) is 0.444. The standard InChI is InChI=1S/C27H34FN3O4/c1-26(2,3)35-25(34)30-27(15-17-32,18-21-12-7-8-14-23(21)28)31-16-9-13-22(31)19-29-24(33)20-10-5-4-6-11-20/h4-8,10-12,14,17,22H,9,13,15-16,18-19H2,1-3H3,(H,29,33)(H,30,34)/t22-,27-/m0/s1. The van der Waals surface area contributed by atoms with Crippen LogP contribution in [0.2, 0.25) is 0 Å². The molecule has 1 heterocycles. The zero-order valence-electron chi connectivity index (χ0n) is 20.6. The highest BCUT2D eigenvalue weighted by atomic mass is 19.1. The van der Waals surface area contributed by atoms with E-state index in [1.807, 2.05) is 11.0 Å². The van der Waals surface area contributed by atoms with Crippen LogP contribution in [0.3, 0.4) is 0 Å². The summed E-state index contributed by atoms with van der Waals surface area (Å²) in [4.78, 5) is 39.4. The summed E-state index contributed by atoms with van der Waals surface area (Å²) in [7, 11) is 0. The first-order valence-corrected chi connectivity index (χ1v) is 11.9. The lowest BCUT2D eigenvalue weighted by Gasteiger charge is -2.45. The third kappa shape index (κ3) is 7.11. The zero-order valence-corrected chi connectivity index (χ0v) is 20.6. The number of hydrogen-bond acceptors (Lipinski definition) is 5. The number of amides is 2. The second-order valence-electron chi connectivity index (χ2n) is 9.86. The molecule has 1 fully saturated rings. The Morgan fingerprint density at radius 2 is 1.80 bits per heavy atom. The fourth-order valence-electron chi connectivity index (χ4n) is 4.56. The van der Waals surface area contributed by atoms with Crippen molar-refractivity contribution in [2.45, 2.75) is 63.8 Å². The van der Waals surface area contributed by atoms with Gasteiger partial charge in [0.1, 0.15) is 23.4 Å². The summed E-state index contributed by atoms with van der Waals surface area (Å²) < 4.78 is 20.2. The monoisotopic (exact) mass is 483 g/mol. The Labute approximate surface area is 206 Å². The van der Waals surface area contributed by atoms with E-state index >= 15 is 0 Å². The van der Waals surface area contributed by atoms with Crippen molar-refractivity contribution in [2.75, 3.05) is 13.1 Å². The van der Waals surface area contributed by atoms with Gasteiger partial charge in [0.05, 0.1) is 0 Å². The smallest absolute Gasteiger partial charge is 0.409 e. The van der Waals surface area contributed by atoms with Crippen molar-refractivity contribution in [3.8, 4) is 0 Å². The van der Waals surface area contributed by atoms with Crippen LogP contribution in [-0.4, -0.2) is 53.6 Å². The summed E-state index contributed by atoms with van der Waals surface area (Å²) in [5.74, 6) is -0.616. The summed E-state index contributed by atoms with van der Waals surface area (Å²) in [5, 5.41) is 5.87. The van der Waals surface area contributed by atoms with Crippen LogP contribution in [-0.2, 0) is 16.0 Å². The number of carbonyl (C=O) groups excluding carboxylic acids is 3. The van der Waals surface area contributed by atoms with Crippen molar-refractivity contribution >= 4 is 18.3 Å². The third-order valence-electron chi connectivity index (χ3n) is 6.06. The van der Waals surface area contributed by atoms with E-state index in [-0.39, 0.29) is 24.8 Å². The molecule has 8 heteroatoms.